The number of carbonyl (C=O) groups is 2. The molecule has 1 unspecified atom stereocenters. The maximum atomic E-state index is 12.9. The van der Waals surface area contributed by atoms with E-state index in [0.29, 0.717) is 58.7 Å². The maximum absolute atomic E-state index is 12.9. The standard InChI is InChI=1S/C18H31N5O3.ClH/c1-17(2,3)12-14(21-16(25)23-8-10-26-11-9-23)15(24)22-18(13-19)4-6-20-7-5-18;/h14,20H,4-12H2,1-3H3,(H,21,25)(H,22,24);1H. The SMILES string of the molecule is CC(C)(C)CC(NC(=O)N1CCOCC1)C(=O)NC1(C#N)CCNCC1.Cl. The van der Waals surface area contributed by atoms with Crippen LogP contribution in [0.2, 0.25) is 0 Å². The number of nitrogens with zero attached hydrogens (tertiary/aromatic N) is 2. The van der Waals surface area contributed by atoms with Gasteiger partial charge in [0, 0.05) is 13.1 Å². The van der Waals surface area contributed by atoms with E-state index in [1.165, 1.54) is 0 Å². The van der Waals surface area contributed by atoms with E-state index >= 15 is 0 Å². The topological polar surface area (TPSA) is 106 Å². The Morgan fingerprint density at radius 3 is 2.37 bits per heavy atom. The molecule has 0 bridgehead atoms. The van der Waals surface area contributed by atoms with Gasteiger partial charge in [0.15, 0.2) is 0 Å². The van der Waals surface area contributed by atoms with Gasteiger partial charge in [0.2, 0.25) is 5.91 Å². The Bertz CT molecular complexity index is 546. The van der Waals surface area contributed by atoms with E-state index in [2.05, 4.69) is 22.0 Å². The zero-order chi connectivity index (χ0) is 19.2. The quantitative estimate of drug-likeness (QED) is 0.652. The van der Waals surface area contributed by atoms with E-state index in [9.17, 15) is 14.9 Å². The van der Waals surface area contributed by atoms with Crippen LogP contribution in [-0.4, -0.2) is 67.8 Å². The van der Waals surface area contributed by atoms with Gasteiger partial charge in [-0.05, 0) is 37.8 Å². The molecule has 0 aliphatic carbocycles. The first-order valence-electron chi connectivity index (χ1n) is 9.32. The van der Waals surface area contributed by atoms with Gasteiger partial charge in [0.25, 0.3) is 0 Å². The molecule has 2 heterocycles. The Hall–Kier alpha value is -1.56. The van der Waals surface area contributed by atoms with Crippen LogP contribution < -0.4 is 16.0 Å². The van der Waals surface area contributed by atoms with Gasteiger partial charge in [-0.1, -0.05) is 20.8 Å². The molecule has 2 aliphatic heterocycles. The molecule has 2 saturated heterocycles. The number of morpholine rings is 1. The summed E-state index contributed by atoms with van der Waals surface area (Å²) in [7, 11) is 0. The van der Waals surface area contributed by atoms with Gasteiger partial charge in [-0.15, -0.1) is 12.4 Å². The van der Waals surface area contributed by atoms with Gasteiger partial charge in [-0.25, -0.2) is 4.79 Å². The van der Waals surface area contributed by atoms with Crippen LogP contribution in [0.25, 0.3) is 0 Å². The summed E-state index contributed by atoms with van der Waals surface area (Å²) in [5.41, 5.74) is -1.00. The average Bonchev–Trinajstić information content (AvgIpc) is 2.61. The van der Waals surface area contributed by atoms with Crippen molar-refractivity contribution in [1.29, 1.82) is 5.26 Å². The molecule has 27 heavy (non-hydrogen) atoms. The minimum absolute atomic E-state index is 0. The van der Waals surface area contributed by atoms with Gasteiger partial charge < -0.3 is 25.6 Å². The van der Waals surface area contributed by atoms with Crippen LogP contribution in [0.1, 0.15) is 40.0 Å². The Kier molecular flexibility index (Phi) is 8.79. The molecule has 0 aromatic heterocycles. The van der Waals surface area contributed by atoms with E-state index in [0.717, 1.165) is 0 Å². The predicted octanol–water partition coefficient (Wildman–Crippen LogP) is 1.02. The van der Waals surface area contributed by atoms with E-state index in [1.54, 1.807) is 4.90 Å². The molecule has 0 radical (unpaired) electrons. The molecule has 3 amide bonds. The minimum atomic E-state index is -0.859. The molecule has 0 aromatic rings. The molecular weight excluding hydrogens is 370 g/mol. The highest BCUT2D eigenvalue weighted by atomic mass is 35.5. The Labute approximate surface area is 167 Å². The highest BCUT2D eigenvalue weighted by Gasteiger charge is 2.37. The maximum Gasteiger partial charge on any atom is 0.318 e. The zero-order valence-electron chi connectivity index (χ0n) is 16.5. The smallest absolute Gasteiger partial charge is 0.318 e. The lowest BCUT2D eigenvalue weighted by molar-refractivity contribution is -0.125. The van der Waals surface area contributed by atoms with E-state index in [4.69, 9.17) is 4.74 Å². The number of carbonyl (C=O) groups excluding carboxylic acids is 2. The number of halogens is 1. The van der Waals surface area contributed by atoms with Crippen molar-refractivity contribution in [3.63, 3.8) is 0 Å². The molecule has 0 aromatic carbocycles. The molecule has 0 spiro atoms. The number of ether oxygens (including phenoxy) is 1. The van der Waals surface area contributed by atoms with Gasteiger partial charge in [-0.3, -0.25) is 4.79 Å². The Morgan fingerprint density at radius 2 is 1.85 bits per heavy atom. The van der Waals surface area contributed by atoms with Crippen molar-refractivity contribution in [2.75, 3.05) is 39.4 Å². The lowest BCUT2D eigenvalue weighted by Gasteiger charge is -2.35. The van der Waals surface area contributed by atoms with E-state index < -0.39 is 11.6 Å². The third kappa shape index (κ3) is 7.17. The zero-order valence-corrected chi connectivity index (χ0v) is 17.3. The molecule has 1 atom stereocenters. The largest absolute Gasteiger partial charge is 0.378 e. The van der Waals surface area contributed by atoms with Crippen LogP contribution in [0.15, 0.2) is 0 Å². The second kappa shape index (κ2) is 10.1. The number of rotatable bonds is 4. The second-order valence-corrected chi connectivity index (χ2v) is 8.30. The molecule has 154 valence electrons. The lowest BCUT2D eigenvalue weighted by atomic mass is 9.86. The van der Waals surface area contributed by atoms with Crippen molar-refractivity contribution in [3.8, 4) is 6.07 Å². The van der Waals surface area contributed by atoms with Crippen molar-refractivity contribution in [3.05, 3.63) is 0 Å². The fraction of sp³-hybridized carbons (Fsp3) is 0.833. The van der Waals surface area contributed by atoms with Gasteiger partial charge >= 0.3 is 6.03 Å². The van der Waals surface area contributed by atoms with Gasteiger partial charge in [0.1, 0.15) is 11.6 Å². The van der Waals surface area contributed by atoms with Gasteiger partial charge in [0.05, 0.1) is 19.3 Å². The monoisotopic (exact) mass is 401 g/mol. The fourth-order valence-corrected chi connectivity index (χ4v) is 3.27. The Morgan fingerprint density at radius 1 is 1.26 bits per heavy atom. The highest BCUT2D eigenvalue weighted by molar-refractivity contribution is 5.88. The summed E-state index contributed by atoms with van der Waals surface area (Å²) >= 11 is 0. The highest BCUT2D eigenvalue weighted by Crippen LogP contribution is 2.23. The average molecular weight is 402 g/mol. The number of amides is 3. The first-order valence-corrected chi connectivity index (χ1v) is 9.32. The summed E-state index contributed by atoms with van der Waals surface area (Å²) in [6.07, 6.45) is 1.62. The van der Waals surface area contributed by atoms with Crippen LogP contribution in [0.5, 0.6) is 0 Å². The number of hydrogen-bond donors (Lipinski definition) is 3. The summed E-state index contributed by atoms with van der Waals surface area (Å²) in [4.78, 5) is 27.1. The third-order valence-corrected chi connectivity index (χ3v) is 4.76. The van der Waals surface area contributed by atoms with Crippen LogP contribution in [0.4, 0.5) is 4.79 Å². The van der Waals surface area contributed by atoms with Gasteiger partial charge in [-0.2, -0.15) is 5.26 Å². The predicted molar refractivity (Wildman–Crippen MR) is 105 cm³/mol. The minimum Gasteiger partial charge on any atom is -0.378 e. The van der Waals surface area contributed by atoms with Crippen LogP contribution in [0, 0.1) is 16.7 Å². The second-order valence-electron chi connectivity index (χ2n) is 8.30. The van der Waals surface area contributed by atoms with Crippen LogP contribution >= 0.6 is 12.4 Å². The molecule has 2 aliphatic rings. The normalized spacial score (nSPS) is 20.6. The molecule has 9 heteroatoms. The molecule has 2 rings (SSSR count). The molecule has 0 saturated carbocycles. The lowest BCUT2D eigenvalue weighted by Crippen LogP contribution is -2.60. The summed E-state index contributed by atoms with van der Waals surface area (Å²) in [6.45, 7) is 9.52. The molecule has 8 nitrogen and oxygen atoms in total. The summed E-state index contributed by atoms with van der Waals surface area (Å²) < 4.78 is 5.27. The van der Waals surface area contributed by atoms with Crippen molar-refractivity contribution in [1.82, 2.24) is 20.9 Å². The van der Waals surface area contributed by atoms with Crippen LogP contribution in [-0.2, 0) is 9.53 Å². The van der Waals surface area contributed by atoms with Crippen molar-refractivity contribution < 1.29 is 14.3 Å². The van der Waals surface area contributed by atoms with Crippen molar-refractivity contribution in [2.45, 2.75) is 51.6 Å². The Balaban J connectivity index is 0.00000364. The summed E-state index contributed by atoms with van der Waals surface area (Å²) in [6, 6.07) is 1.34. The third-order valence-electron chi connectivity index (χ3n) is 4.76. The molecular formula is C18H32ClN5O3. The first kappa shape index (κ1) is 23.5. The number of hydrogen-bond acceptors (Lipinski definition) is 5. The molecule has 3 N–H and O–H groups in total. The van der Waals surface area contributed by atoms with Crippen LogP contribution in [0.3, 0.4) is 0 Å². The summed E-state index contributed by atoms with van der Waals surface area (Å²) in [5.74, 6) is -0.287. The van der Waals surface area contributed by atoms with Crippen molar-refractivity contribution >= 4 is 24.3 Å². The number of nitrogens with one attached hydrogen (secondary N) is 3. The fourth-order valence-electron chi connectivity index (χ4n) is 3.27. The first-order chi connectivity index (χ1) is 12.2. The number of urea groups is 1. The van der Waals surface area contributed by atoms with Crippen molar-refractivity contribution in [2.24, 2.45) is 5.41 Å². The van der Waals surface area contributed by atoms with E-state index in [1.807, 2.05) is 20.8 Å². The van der Waals surface area contributed by atoms with E-state index in [-0.39, 0.29) is 29.8 Å². The molecule has 2 fully saturated rings. The number of piperidine rings is 1. The summed E-state index contributed by atoms with van der Waals surface area (Å²) in [5, 5.41) is 18.6. The number of nitriles is 1.